The second-order valence-corrected chi connectivity index (χ2v) is 6.22. The molecule has 1 aliphatic heterocycles. The molecule has 1 fully saturated rings. The van der Waals surface area contributed by atoms with Gasteiger partial charge in [-0.25, -0.2) is 8.42 Å². The van der Waals surface area contributed by atoms with Crippen LogP contribution in [0.3, 0.4) is 0 Å². The van der Waals surface area contributed by atoms with Crippen molar-refractivity contribution in [2.75, 3.05) is 25.4 Å². The molecule has 1 aliphatic rings. The van der Waals surface area contributed by atoms with Crippen molar-refractivity contribution >= 4 is 15.9 Å². The lowest BCUT2D eigenvalue weighted by Crippen LogP contribution is -2.39. The van der Waals surface area contributed by atoms with E-state index in [4.69, 9.17) is 0 Å². The van der Waals surface area contributed by atoms with E-state index in [1.807, 2.05) is 4.72 Å². The van der Waals surface area contributed by atoms with Crippen LogP contribution in [-0.4, -0.2) is 50.8 Å². The van der Waals surface area contributed by atoms with Crippen LogP contribution < -0.4 is 4.72 Å². The number of amides is 1. The molecule has 1 heterocycles. The second-order valence-electron chi connectivity index (χ2n) is 4.21. The van der Waals surface area contributed by atoms with Crippen molar-refractivity contribution in [1.29, 1.82) is 0 Å². The maximum absolute atomic E-state index is 12.1. The number of carbonyl (C=O) groups is 1. The Bertz CT molecular complexity index is 408. The summed E-state index contributed by atoms with van der Waals surface area (Å²) >= 11 is 0. The highest BCUT2D eigenvalue weighted by Crippen LogP contribution is 2.22. The van der Waals surface area contributed by atoms with Crippen LogP contribution in [0, 0.1) is 5.92 Å². The van der Waals surface area contributed by atoms with Crippen molar-refractivity contribution in [3.63, 3.8) is 0 Å². The van der Waals surface area contributed by atoms with Crippen LogP contribution in [0.2, 0.25) is 0 Å². The fourth-order valence-corrected chi connectivity index (χ4v) is 2.37. The van der Waals surface area contributed by atoms with Crippen LogP contribution in [0.1, 0.15) is 13.3 Å². The minimum Gasteiger partial charge on any atom is -0.294 e. The van der Waals surface area contributed by atoms with E-state index in [9.17, 15) is 26.4 Å². The molecule has 5 nitrogen and oxygen atoms in total. The van der Waals surface area contributed by atoms with Gasteiger partial charge in [-0.15, -0.1) is 0 Å². The summed E-state index contributed by atoms with van der Waals surface area (Å²) in [6.07, 6.45) is -4.07. The molecule has 106 valence electrons. The molecule has 0 radical (unpaired) electrons. The van der Waals surface area contributed by atoms with E-state index in [-0.39, 0.29) is 25.3 Å². The van der Waals surface area contributed by atoms with Gasteiger partial charge in [0.15, 0.2) is 0 Å². The summed E-state index contributed by atoms with van der Waals surface area (Å²) in [6.45, 7) is 0.381. The minimum atomic E-state index is -4.30. The molecule has 1 N–H and O–H groups in total. The normalized spacial score (nSPS) is 22.1. The van der Waals surface area contributed by atoms with E-state index in [0.717, 1.165) is 4.90 Å². The van der Waals surface area contributed by atoms with E-state index in [2.05, 4.69) is 0 Å². The lowest BCUT2D eigenvalue weighted by Gasteiger charge is -2.17. The average Bonchev–Trinajstić information content (AvgIpc) is 2.63. The molecule has 9 heteroatoms. The highest BCUT2D eigenvalue weighted by molar-refractivity contribution is 7.90. The van der Waals surface area contributed by atoms with Crippen LogP contribution in [0.15, 0.2) is 0 Å². The number of hydrogen-bond acceptors (Lipinski definition) is 4. The molecule has 1 unspecified atom stereocenters. The first kappa shape index (κ1) is 15.2. The zero-order valence-corrected chi connectivity index (χ0v) is 10.6. The molecule has 0 aromatic carbocycles. The van der Waals surface area contributed by atoms with Crippen LogP contribution in [0.25, 0.3) is 0 Å². The van der Waals surface area contributed by atoms with Gasteiger partial charge in [0.25, 0.3) is 0 Å². The van der Waals surface area contributed by atoms with Gasteiger partial charge >= 0.3 is 6.18 Å². The van der Waals surface area contributed by atoms with Crippen molar-refractivity contribution in [2.24, 2.45) is 5.92 Å². The Morgan fingerprint density at radius 3 is 2.56 bits per heavy atom. The largest absolute Gasteiger partial charge is 0.401 e. The Morgan fingerprint density at radius 1 is 1.44 bits per heavy atom. The van der Waals surface area contributed by atoms with Crippen molar-refractivity contribution in [1.82, 2.24) is 9.62 Å². The van der Waals surface area contributed by atoms with Gasteiger partial charge in [-0.2, -0.15) is 13.2 Å². The number of nitrogens with zero attached hydrogens (tertiary/aromatic N) is 1. The summed E-state index contributed by atoms with van der Waals surface area (Å²) in [4.78, 5) is 12.6. The quantitative estimate of drug-likeness (QED) is 0.810. The third kappa shape index (κ3) is 4.81. The van der Waals surface area contributed by atoms with Crippen LogP contribution >= 0.6 is 0 Å². The molecule has 0 aromatic heterocycles. The highest BCUT2D eigenvalue weighted by Gasteiger charge is 2.36. The minimum absolute atomic E-state index is 0.0649. The molecule has 1 rings (SSSR count). The van der Waals surface area contributed by atoms with E-state index in [1.165, 1.54) is 6.92 Å². The number of hydrogen-bond donors (Lipinski definition) is 1. The first-order valence-electron chi connectivity index (χ1n) is 5.46. The van der Waals surface area contributed by atoms with Crippen molar-refractivity contribution in [3.8, 4) is 0 Å². The predicted octanol–water partition coefficient (Wildman–Crippen LogP) is 0.337. The van der Waals surface area contributed by atoms with Gasteiger partial charge in [0.2, 0.25) is 15.9 Å². The van der Waals surface area contributed by atoms with E-state index < -0.39 is 34.6 Å². The number of halogens is 3. The summed E-state index contributed by atoms with van der Waals surface area (Å²) in [5.41, 5.74) is 0. The number of rotatable bonds is 4. The summed E-state index contributed by atoms with van der Waals surface area (Å²) in [6, 6.07) is 0. The molecule has 1 amide bonds. The van der Waals surface area contributed by atoms with Crippen molar-refractivity contribution in [3.05, 3.63) is 0 Å². The second kappa shape index (κ2) is 5.43. The van der Waals surface area contributed by atoms with E-state index in [0.29, 0.717) is 0 Å². The fourth-order valence-electron chi connectivity index (χ4n) is 1.75. The molecule has 0 saturated carbocycles. The SMILES string of the molecule is CCS(=O)(=O)NC(=O)C1CCN(CC(F)(F)F)C1. The molecule has 1 saturated heterocycles. The number of nitrogens with one attached hydrogen (secondary N) is 1. The standard InChI is InChI=1S/C9H15F3N2O3S/c1-2-18(16,17)13-8(15)7-3-4-14(5-7)6-9(10,11)12/h7H,2-6H2,1H3,(H,13,15). The van der Waals surface area contributed by atoms with E-state index in [1.54, 1.807) is 0 Å². The predicted molar refractivity (Wildman–Crippen MR) is 58.2 cm³/mol. The summed E-state index contributed by atoms with van der Waals surface area (Å²) in [5, 5.41) is 0. The molecule has 0 spiro atoms. The third-order valence-corrected chi connectivity index (χ3v) is 3.95. The van der Waals surface area contributed by atoms with Gasteiger partial charge in [0, 0.05) is 6.54 Å². The average molecular weight is 288 g/mol. The lowest BCUT2D eigenvalue weighted by molar-refractivity contribution is -0.144. The van der Waals surface area contributed by atoms with Gasteiger partial charge in [0.1, 0.15) is 0 Å². The smallest absolute Gasteiger partial charge is 0.294 e. The van der Waals surface area contributed by atoms with Gasteiger partial charge < -0.3 is 0 Å². The number of sulfonamides is 1. The van der Waals surface area contributed by atoms with E-state index >= 15 is 0 Å². The molecule has 1 atom stereocenters. The van der Waals surface area contributed by atoms with Crippen LogP contribution in [-0.2, 0) is 14.8 Å². The topological polar surface area (TPSA) is 66.5 Å². The lowest BCUT2D eigenvalue weighted by atomic mass is 10.1. The maximum Gasteiger partial charge on any atom is 0.401 e. The van der Waals surface area contributed by atoms with Crippen LogP contribution in [0.5, 0.6) is 0 Å². The van der Waals surface area contributed by atoms with Gasteiger partial charge in [-0.05, 0) is 19.9 Å². The monoisotopic (exact) mass is 288 g/mol. The summed E-state index contributed by atoms with van der Waals surface area (Å²) in [7, 11) is -3.65. The summed E-state index contributed by atoms with van der Waals surface area (Å²) < 4.78 is 60.5. The molecule has 0 aliphatic carbocycles. The van der Waals surface area contributed by atoms with Gasteiger partial charge in [0.05, 0.1) is 18.2 Å². The maximum atomic E-state index is 12.1. The molecular formula is C9H15F3N2O3S. The van der Waals surface area contributed by atoms with Gasteiger partial charge in [-0.3, -0.25) is 14.4 Å². The number of carbonyl (C=O) groups excluding carboxylic acids is 1. The zero-order chi connectivity index (χ0) is 14.0. The van der Waals surface area contributed by atoms with Gasteiger partial charge in [-0.1, -0.05) is 0 Å². The van der Waals surface area contributed by atoms with Crippen molar-refractivity contribution < 1.29 is 26.4 Å². The van der Waals surface area contributed by atoms with Crippen LogP contribution in [0.4, 0.5) is 13.2 Å². The fraction of sp³-hybridized carbons (Fsp3) is 0.889. The summed E-state index contributed by atoms with van der Waals surface area (Å²) in [5.74, 6) is -1.66. The first-order chi connectivity index (χ1) is 8.13. The third-order valence-electron chi connectivity index (χ3n) is 2.68. The highest BCUT2D eigenvalue weighted by atomic mass is 32.2. The van der Waals surface area contributed by atoms with Crippen molar-refractivity contribution in [2.45, 2.75) is 19.5 Å². The molecular weight excluding hydrogens is 273 g/mol. The Balaban J connectivity index is 2.49. The molecule has 0 aromatic rings. The molecule has 0 bridgehead atoms. The number of likely N-dealkylation sites (tertiary alicyclic amines) is 1. The Kier molecular flexibility index (Phi) is 4.60. The number of alkyl halides is 3. The Hall–Kier alpha value is -0.830. The Morgan fingerprint density at radius 2 is 2.06 bits per heavy atom. The first-order valence-corrected chi connectivity index (χ1v) is 7.11. The molecule has 18 heavy (non-hydrogen) atoms. The Labute approximate surface area is 103 Å². The zero-order valence-electron chi connectivity index (χ0n) is 9.83.